The molecule has 0 aliphatic heterocycles. The monoisotopic (exact) mass is 278 g/mol. The van der Waals surface area contributed by atoms with Gasteiger partial charge in [0.2, 0.25) is 0 Å². The van der Waals surface area contributed by atoms with Gasteiger partial charge in [-0.05, 0) is 50.6 Å². The molecule has 1 aromatic heterocycles. The molecule has 2 aromatic rings. The van der Waals surface area contributed by atoms with Crippen molar-refractivity contribution >= 4 is 11.3 Å². The third-order valence-electron chi connectivity index (χ3n) is 3.27. The molecule has 0 aliphatic rings. The van der Waals surface area contributed by atoms with E-state index in [0.29, 0.717) is 0 Å². The summed E-state index contributed by atoms with van der Waals surface area (Å²) >= 11 is 1.69. The summed E-state index contributed by atoms with van der Waals surface area (Å²) in [7, 11) is 1.94. The van der Waals surface area contributed by atoms with Gasteiger partial charge >= 0.3 is 0 Å². The Morgan fingerprint density at radius 2 is 2.11 bits per heavy atom. The predicted octanol–water partition coefficient (Wildman–Crippen LogP) is 3.27. The molecule has 2 nitrogen and oxygen atoms in total. The fourth-order valence-electron chi connectivity index (χ4n) is 2.11. The highest BCUT2D eigenvalue weighted by molar-refractivity contribution is 7.09. The third kappa shape index (κ3) is 3.85. The maximum atomic E-state index is 13.3. The Hall–Kier alpha value is -1.26. The van der Waals surface area contributed by atoms with Crippen molar-refractivity contribution in [1.82, 2.24) is 10.3 Å². The molecule has 1 atom stereocenters. The molecule has 4 heteroatoms. The van der Waals surface area contributed by atoms with Gasteiger partial charge in [0.1, 0.15) is 5.82 Å². The molecule has 0 aliphatic carbocycles. The molecule has 0 spiro atoms. The summed E-state index contributed by atoms with van der Waals surface area (Å²) in [6, 6.07) is 5.26. The lowest BCUT2D eigenvalue weighted by Crippen LogP contribution is -2.30. The van der Waals surface area contributed by atoms with E-state index in [4.69, 9.17) is 0 Å². The number of aromatic nitrogens is 1. The second-order valence-electron chi connectivity index (χ2n) is 4.85. The lowest BCUT2D eigenvalue weighted by Gasteiger charge is -2.16. The molecular formula is C15H19FN2S. The van der Waals surface area contributed by atoms with Crippen LogP contribution < -0.4 is 5.32 Å². The van der Waals surface area contributed by atoms with E-state index in [9.17, 15) is 4.39 Å². The van der Waals surface area contributed by atoms with Crippen LogP contribution >= 0.6 is 11.3 Å². The fourth-order valence-corrected chi connectivity index (χ4v) is 2.96. The molecule has 0 saturated carbocycles. The lowest BCUT2D eigenvalue weighted by molar-refractivity contribution is 0.550. The van der Waals surface area contributed by atoms with Gasteiger partial charge in [-0.25, -0.2) is 9.37 Å². The zero-order chi connectivity index (χ0) is 13.8. The number of hydrogen-bond acceptors (Lipinski definition) is 3. The Bertz CT molecular complexity index is 551. The summed E-state index contributed by atoms with van der Waals surface area (Å²) in [6.45, 7) is 4.03. The van der Waals surface area contributed by atoms with E-state index in [2.05, 4.69) is 15.7 Å². The number of nitrogens with one attached hydrogen (secondary N) is 1. The predicted molar refractivity (Wildman–Crippen MR) is 78.2 cm³/mol. The van der Waals surface area contributed by atoms with Crippen LogP contribution in [0.1, 0.15) is 21.8 Å². The normalized spacial score (nSPS) is 12.6. The summed E-state index contributed by atoms with van der Waals surface area (Å²) in [6.07, 6.45) is 1.70. The maximum absolute atomic E-state index is 13.3. The number of rotatable bonds is 5. The Balaban J connectivity index is 2.08. The van der Waals surface area contributed by atoms with Crippen LogP contribution in [0.4, 0.5) is 4.39 Å². The fraction of sp³-hybridized carbons (Fsp3) is 0.400. The molecule has 19 heavy (non-hydrogen) atoms. The Kier molecular flexibility index (Phi) is 4.66. The molecule has 0 fully saturated rings. The summed E-state index contributed by atoms with van der Waals surface area (Å²) in [4.78, 5) is 4.48. The highest BCUT2D eigenvalue weighted by Gasteiger charge is 2.12. The first kappa shape index (κ1) is 14.2. The number of nitrogens with zero attached hydrogens (tertiary/aromatic N) is 1. The summed E-state index contributed by atoms with van der Waals surface area (Å²) in [5.74, 6) is -0.166. The van der Waals surface area contributed by atoms with Crippen molar-refractivity contribution in [2.24, 2.45) is 0 Å². The number of thiazole rings is 1. The first-order valence-corrected chi connectivity index (χ1v) is 7.29. The topological polar surface area (TPSA) is 24.9 Å². The summed E-state index contributed by atoms with van der Waals surface area (Å²) < 4.78 is 13.3. The van der Waals surface area contributed by atoms with Crippen LogP contribution in [0.2, 0.25) is 0 Å². The zero-order valence-corrected chi connectivity index (χ0v) is 12.4. The van der Waals surface area contributed by atoms with Crippen molar-refractivity contribution < 1.29 is 4.39 Å². The van der Waals surface area contributed by atoms with Gasteiger partial charge in [0.05, 0.1) is 5.01 Å². The number of aryl methyl sites for hydroxylation is 2. The zero-order valence-electron chi connectivity index (χ0n) is 11.5. The maximum Gasteiger partial charge on any atom is 0.123 e. The Morgan fingerprint density at radius 1 is 1.32 bits per heavy atom. The van der Waals surface area contributed by atoms with E-state index in [-0.39, 0.29) is 11.9 Å². The lowest BCUT2D eigenvalue weighted by atomic mass is 9.99. The van der Waals surface area contributed by atoms with Gasteiger partial charge < -0.3 is 5.32 Å². The van der Waals surface area contributed by atoms with Gasteiger partial charge in [0.25, 0.3) is 0 Å². The van der Waals surface area contributed by atoms with Crippen LogP contribution in [-0.2, 0) is 12.8 Å². The molecule has 102 valence electrons. The van der Waals surface area contributed by atoms with Crippen molar-refractivity contribution in [2.75, 3.05) is 7.05 Å². The highest BCUT2D eigenvalue weighted by Crippen LogP contribution is 2.16. The van der Waals surface area contributed by atoms with Crippen LogP contribution in [-0.4, -0.2) is 18.1 Å². The minimum Gasteiger partial charge on any atom is -0.316 e. The smallest absolute Gasteiger partial charge is 0.123 e. The largest absolute Gasteiger partial charge is 0.316 e. The van der Waals surface area contributed by atoms with Crippen LogP contribution in [0.15, 0.2) is 23.6 Å². The Labute approximate surface area is 117 Å². The van der Waals surface area contributed by atoms with Crippen LogP contribution in [0, 0.1) is 19.7 Å². The molecule has 0 radical (unpaired) electrons. The number of benzene rings is 1. The first-order chi connectivity index (χ1) is 9.08. The summed E-state index contributed by atoms with van der Waals surface area (Å²) in [5, 5.41) is 6.49. The minimum atomic E-state index is -0.166. The van der Waals surface area contributed by atoms with Crippen molar-refractivity contribution in [2.45, 2.75) is 32.7 Å². The van der Waals surface area contributed by atoms with E-state index in [1.54, 1.807) is 17.4 Å². The van der Waals surface area contributed by atoms with E-state index in [0.717, 1.165) is 34.7 Å². The quantitative estimate of drug-likeness (QED) is 0.908. The van der Waals surface area contributed by atoms with Crippen LogP contribution in [0.25, 0.3) is 0 Å². The van der Waals surface area contributed by atoms with Crippen LogP contribution in [0.5, 0.6) is 0 Å². The van der Waals surface area contributed by atoms with E-state index in [1.807, 2.05) is 27.0 Å². The van der Waals surface area contributed by atoms with Gasteiger partial charge in [0, 0.05) is 23.5 Å². The minimum absolute atomic E-state index is 0.166. The highest BCUT2D eigenvalue weighted by atomic mass is 32.1. The second-order valence-corrected chi connectivity index (χ2v) is 5.79. The average molecular weight is 278 g/mol. The van der Waals surface area contributed by atoms with Crippen molar-refractivity contribution in [3.8, 4) is 0 Å². The van der Waals surface area contributed by atoms with E-state index < -0.39 is 0 Å². The first-order valence-electron chi connectivity index (χ1n) is 6.42. The average Bonchev–Trinajstić information content (AvgIpc) is 2.78. The molecule has 1 heterocycles. The molecular weight excluding hydrogens is 259 g/mol. The Morgan fingerprint density at radius 3 is 2.74 bits per heavy atom. The summed E-state index contributed by atoms with van der Waals surface area (Å²) in [5.41, 5.74) is 3.27. The molecule has 1 aromatic carbocycles. The number of halogens is 1. The van der Waals surface area contributed by atoms with Crippen molar-refractivity contribution in [1.29, 1.82) is 0 Å². The van der Waals surface area contributed by atoms with E-state index in [1.165, 1.54) is 6.07 Å². The second kappa shape index (κ2) is 6.26. The van der Waals surface area contributed by atoms with Gasteiger partial charge in [-0.2, -0.15) is 0 Å². The van der Waals surface area contributed by atoms with E-state index >= 15 is 0 Å². The molecule has 0 saturated heterocycles. The molecule has 0 amide bonds. The standard InChI is InChI=1S/C15H19FN2S/c1-10-4-5-13(16)6-12(10)7-14(17-3)8-15-18-11(2)9-19-15/h4-6,9,14,17H,7-8H2,1-3H3. The van der Waals surface area contributed by atoms with Gasteiger partial charge in [-0.1, -0.05) is 6.07 Å². The number of hydrogen-bond donors (Lipinski definition) is 1. The molecule has 1 N–H and O–H groups in total. The van der Waals surface area contributed by atoms with Crippen molar-refractivity contribution in [3.63, 3.8) is 0 Å². The molecule has 1 unspecified atom stereocenters. The van der Waals surface area contributed by atoms with Crippen molar-refractivity contribution in [3.05, 3.63) is 51.2 Å². The molecule has 2 rings (SSSR count). The van der Waals surface area contributed by atoms with Gasteiger partial charge in [0.15, 0.2) is 0 Å². The molecule has 0 bridgehead atoms. The number of likely N-dealkylation sites (N-methyl/N-ethyl adjacent to an activating group) is 1. The van der Waals surface area contributed by atoms with Gasteiger partial charge in [-0.15, -0.1) is 11.3 Å². The van der Waals surface area contributed by atoms with Gasteiger partial charge in [-0.3, -0.25) is 0 Å². The SMILES string of the molecule is CNC(Cc1nc(C)cs1)Cc1cc(F)ccc1C. The van der Waals surface area contributed by atoms with Crippen LogP contribution in [0.3, 0.4) is 0 Å². The third-order valence-corrected chi connectivity index (χ3v) is 4.26.